The molecule has 2 atom stereocenters. The van der Waals surface area contributed by atoms with Crippen LogP contribution in [0.5, 0.6) is 0 Å². The highest BCUT2D eigenvalue weighted by molar-refractivity contribution is 7.11. The van der Waals surface area contributed by atoms with Gasteiger partial charge in [-0.25, -0.2) is 4.98 Å². The fourth-order valence-corrected chi connectivity index (χ4v) is 6.96. The molecule has 5 N–H and O–H groups in total. The van der Waals surface area contributed by atoms with Crippen molar-refractivity contribution in [3.63, 3.8) is 0 Å². The van der Waals surface area contributed by atoms with Gasteiger partial charge in [0.2, 0.25) is 23.6 Å². The van der Waals surface area contributed by atoms with Gasteiger partial charge in [-0.2, -0.15) is 0 Å². The summed E-state index contributed by atoms with van der Waals surface area (Å²) in [5, 5.41) is 8.78. The maximum atomic E-state index is 12.4. The first-order valence-corrected chi connectivity index (χ1v) is 20.2. The lowest BCUT2D eigenvalue weighted by Gasteiger charge is -2.20. The average Bonchev–Trinajstić information content (AvgIpc) is 3.58. The van der Waals surface area contributed by atoms with Crippen LogP contribution in [-0.2, 0) is 78.1 Å². The van der Waals surface area contributed by atoms with Gasteiger partial charge in [-0.15, -0.1) is 11.3 Å². The number of ketones is 1. The minimum absolute atomic E-state index is 0.0125. The molecular weight excluding hydrogens is 747 g/mol. The normalized spacial score (nSPS) is 14.1. The molecule has 2 aromatic rings. The molecule has 1 aliphatic carbocycles. The molecule has 17 heteroatoms. The number of amides is 4. The Labute approximate surface area is 333 Å². The first-order chi connectivity index (χ1) is 27.2. The highest BCUT2D eigenvalue weighted by Crippen LogP contribution is 2.32. The number of nitrogens with one attached hydrogen (secondary N) is 3. The first kappa shape index (κ1) is 46.5. The summed E-state index contributed by atoms with van der Waals surface area (Å²) in [6, 6.07) is 8.39. The van der Waals surface area contributed by atoms with Gasteiger partial charge in [-0.05, 0) is 30.7 Å². The molecule has 1 heterocycles. The fraction of sp³-hybridized carbons (Fsp3) is 0.641. The van der Waals surface area contributed by atoms with Crippen molar-refractivity contribution in [3.05, 3.63) is 51.5 Å². The van der Waals surface area contributed by atoms with Gasteiger partial charge in [-0.3, -0.25) is 24.0 Å². The number of aromatic nitrogens is 1. The van der Waals surface area contributed by atoms with Crippen LogP contribution < -0.4 is 21.7 Å². The molecule has 0 aliphatic heterocycles. The standard InChI is InChI=1S/C39H59N5O11S/c1-2-3-7-30-10-11-32-34(23-30)56-38(44-32)24-31(45)25-52-20-21-54-27-36(47)42-12-14-50-16-18-53-26-35(46)41-13-15-51-17-19-55-28-37(48)43-33(39(40)49)22-29-8-5-4-6-9-29/h4-6,8-9,30,33H,2-3,7,10-28H2,1H3,(H2,40,49)(H,41,46)(H,42,47)(H,43,48)/t30-,33-/m0/s1. The Hall–Kier alpha value is -3.84. The van der Waals surface area contributed by atoms with Crippen molar-refractivity contribution in [2.45, 2.75) is 64.3 Å². The summed E-state index contributed by atoms with van der Waals surface area (Å²) in [4.78, 5) is 66.1. The molecule has 312 valence electrons. The summed E-state index contributed by atoms with van der Waals surface area (Å²) in [6.45, 7) is 3.96. The molecule has 0 saturated heterocycles. The van der Waals surface area contributed by atoms with Gasteiger partial charge in [0.15, 0.2) is 5.78 Å². The van der Waals surface area contributed by atoms with Gasteiger partial charge < -0.3 is 50.1 Å². The second-order valence-corrected chi connectivity index (χ2v) is 14.5. The molecule has 56 heavy (non-hydrogen) atoms. The number of nitrogens with zero attached hydrogens (tertiary/aromatic N) is 1. The average molecular weight is 806 g/mol. The number of thiazole rings is 1. The van der Waals surface area contributed by atoms with E-state index in [4.69, 9.17) is 39.1 Å². The van der Waals surface area contributed by atoms with Crippen molar-refractivity contribution >= 4 is 40.7 Å². The Morgan fingerprint density at radius 3 is 1.95 bits per heavy atom. The Kier molecular flexibility index (Phi) is 23.7. The van der Waals surface area contributed by atoms with Crippen molar-refractivity contribution < 1.29 is 52.4 Å². The quantitative estimate of drug-likeness (QED) is 0.0766. The van der Waals surface area contributed by atoms with Crippen molar-refractivity contribution in [2.75, 3.05) is 92.4 Å². The fourth-order valence-electron chi connectivity index (χ4n) is 5.71. The summed E-state index contributed by atoms with van der Waals surface area (Å²) >= 11 is 1.66. The van der Waals surface area contributed by atoms with Crippen LogP contribution in [0.4, 0.5) is 0 Å². The van der Waals surface area contributed by atoms with Crippen molar-refractivity contribution in [2.24, 2.45) is 11.7 Å². The number of carbonyl (C=O) groups excluding carboxylic acids is 5. The van der Waals surface area contributed by atoms with E-state index in [9.17, 15) is 24.0 Å². The SMILES string of the molecule is CCCC[C@H]1CCc2nc(CC(=O)COCCOCC(=O)NCCOCCOCC(=O)NCCOCCOCC(=O)N[C@@H](Cc3ccccc3)C(N)=O)sc2C1. The molecule has 0 fully saturated rings. The van der Waals surface area contributed by atoms with Crippen molar-refractivity contribution in [1.29, 1.82) is 0 Å². The third-order valence-corrected chi connectivity index (χ3v) is 9.70. The van der Waals surface area contributed by atoms with Gasteiger partial charge in [0.25, 0.3) is 0 Å². The number of aryl methyl sites for hydroxylation is 1. The van der Waals surface area contributed by atoms with E-state index >= 15 is 0 Å². The van der Waals surface area contributed by atoms with E-state index in [1.54, 1.807) is 11.3 Å². The number of benzene rings is 1. The second-order valence-electron chi connectivity index (χ2n) is 13.3. The molecule has 0 radical (unpaired) electrons. The summed E-state index contributed by atoms with van der Waals surface area (Å²) in [7, 11) is 0. The maximum absolute atomic E-state index is 12.4. The first-order valence-electron chi connectivity index (χ1n) is 19.3. The minimum Gasteiger partial charge on any atom is -0.377 e. The van der Waals surface area contributed by atoms with Crippen LogP contribution in [0.2, 0.25) is 0 Å². The summed E-state index contributed by atoms with van der Waals surface area (Å²) in [5.41, 5.74) is 7.45. The maximum Gasteiger partial charge on any atom is 0.246 e. The molecule has 0 bridgehead atoms. The third-order valence-electron chi connectivity index (χ3n) is 8.58. The van der Waals surface area contributed by atoms with E-state index < -0.39 is 17.9 Å². The molecule has 4 amide bonds. The van der Waals surface area contributed by atoms with Crippen molar-refractivity contribution in [3.8, 4) is 0 Å². The Balaban J connectivity index is 1.04. The van der Waals surface area contributed by atoms with E-state index in [-0.39, 0.29) is 123 Å². The van der Waals surface area contributed by atoms with Gasteiger partial charge in [0, 0.05) is 24.4 Å². The molecule has 0 saturated carbocycles. The number of carbonyl (C=O) groups is 5. The zero-order chi connectivity index (χ0) is 40.2. The number of unbranched alkanes of at least 4 members (excludes halogenated alkanes) is 1. The minimum atomic E-state index is -0.839. The summed E-state index contributed by atoms with van der Waals surface area (Å²) in [5.74, 6) is -0.985. The number of rotatable bonds is 32. The number of fused-ring (bicyclic) bond motifs is 1. The lowest BCUT2D eigenvalue weighted by Crippen LogP contribution is -2.47. The number of Topliss-reactive ketones (excluding diaryl/α,β-unsaturated/α-hetero) is 1. The Morgan fingerprint density at radius 1 is 0.786 bits per heavy atom. The third kappa shape index (κ3) is 20.9. The summed E-state index contributed by atoms with van der Waals surface area (Å²) < 4.78 is 32.1. The monoisotopic (exact) mass is 805 g/mol. The van der Waals surface area contributed by atoms with Crippen LogP contribution in [0.15, 0.2) is 30.3 Å². The summed E-state index contributed by atoms with van der Waals surface area (Å²) in [6.07, 6.45) is 7.60. The molecular formula is C39H59N5O11S. The van der Waals surface area contributed by atoms with Crippen LogP contribution in [0, 0.1) is 5.92 Å². The number of ether oxygens (including phenoxy) is 6. The van der Waals surface area contributed by atoms with Crippen molar-refractivity contribution in [1.82, 2.24) is 20.9 Å². The molecule has 1 aliphatic rings. The van der Waals surface area contributed by atoms with E-state index in [0.717, 1.165) is 35.0 Å². The number of primary amides is 1. The Morgan fingerprint density at radius 2 is 1.36 bits per heavy atom. The molecule has 0 unspecified atom stereocenters. The van der Waals surface area contributed by atoms with E-state index in [0.29, 0.717) is 0 Å². The van der Waals surface area contributed by atoms with Gasteiger partial charge >= 0.3 is 0 Å². The number of nitrogens with two attached hydrogens (primary N) is 1. The van der Waals surface area contributed by atoms with Gasteiger partial charge in [-0.1, -0.05) is 56.5 Å². The lowest BCUT2D eigenvalue weighted by atomic mass is 9.87. The topological polar surface area (TPSA) is 216 Å². The van der Waals surface area contributed by atoms with Crippen LogP contribution >= 0.6 is 11.3 Å². The predicted octanol–water partition coefficient (Wildman–Crippen LogP) is 1.09. The number of hydrogen-bond donors (Lipinski definition) is 4. The Bertz CT molecular complexity index is 1460. The van der Waals surface area contributed by atoms with Crippen LogP contribution in [0.1, 0.15) is 53.7 Å². The number of hydrogen-bond acceptors (Lipinski definition) is 13. The molecule has 3 rings (SSSR count). The van der Waals surface area contributed by atoms with Gasteiger partial charge in [0.05, 0.1) is 65.0 Å². The lowest BCUT2D eigenvalue weighted by molar-refractivity contribution is -0.130. The van der Waals surface area contributed by atoms with Crippen LogP contribution in [-0.4, -0.2) is 133 Å². The highest BCUT2D eigenvalue weighted by Gasteiger charge is 2.23. The van der Waals surface area contributed by atoms with E-state index in [1.165, 1.54) is 30.6 Å². The molecule has 16 nitrogen and oxygen atoms in total. The zero-order valence-corrected chi connectivity index (χ0v) is 33.3. The molecule has 1 aromatic heterocycles. The van der Waals surface area contributed by atoms with E-state index in [2.05, 4.69) is 22.9 Å². The second kappa shape index (κ2) is 28.5. The van der Waals surface area contributed by atoms with Crippen LogP contribution in [0.3, 0.4) is 0 Å². The smallest absolute Gasteiger partial charge is 0.246 e. The van der Waals surface area contributed by atoms with Gasteiger partial charge in [0.1, 0.15) is 37.5 Å². The van der Waals surface area contributed by atoms with E-state index in [1.807, 2.05) is 30.3 Å². The molecule has 0 spiro atoms. The highest BCUT2D eigenvalue weighted by atomic mass is 32.1. The van der Waals surface area contributed by atoms with Crippen LogP contribution in [0.25, 0.3) is 0 Å². The predicted molar refractivity (Wildman–Crippen MR) is 208 cm³/mol. The zero-order valence-electron chi connectivity index (χ0n) is 32.5. The molecule has 1 aromatic carbocycles. The largest absolute Gasteiger partial charge is 0.377 e.